The minimum absolute atomic E-state index is 0.685. The quantitative estimate of drug-likeness (QED) is 0.503. The molecular weight excluding hydrogens is 308 g/mol. The average molecular weight is 336 g/mol. The lowest BCUT2D eigenvalue weighted by molar-refractivity contribution is 0.0844. The molecule has 0 unspecified atom stereocenters. The van der Waals surface area contributed by atoms with E-state index in [0.717, 1.165) is 56.5 Å². The van der Waals surface area contributed by atoms with Gasteiger partial charge in [0.1, 0.15) is 0 Å². The third-order valence-corrected chi connectivity index (χ3v) is 4.57. The van der Waals surface area contributed by atoms with Crippen LogP contribution in [0.5, 0.6) is 0 Å². The molecule has 127 valence electrons. The lowest BCUT2D eigenvalue weighted by Crippen LogP contribution is -2.35. The van der Waals surface area contributed by atoms with Gasteiger partial charge < -0.3 is 14.5 Å². The Morgan fingerprint density at radius 2 is 2.22 bits per heavy atom. The highest BCUT2D eigenvalue weighted by atomic mass is 35.5. The van der Waals surface area contributed by atoms with Crippen LogP contribution >= 0.6 is 11.6 Å². The summed E-state index contributed by atoms with van der Waals surface area (Å²) in [5.41, 5.74) is 1.15. The second kappa shape index (κ2) is 9.96. The van der Waals surface area contributed by atoms with Crippen molar-refractivity contribution in [2.24, 2.45) is 5.92 Å². The molecule has 3 nitrogen and oxygen atoms in total. The predicted octanol–water partition coefficient (Wildman–Crippen LogP) is 3.88. The maximum absolute atomic E-state index is 5.92. The van der Waals surface area contributed by atoms with E-state index in [2.05, 4.69) is 35.6 Å². The topological polar surface area (TPSA) is 15.7 Å². The van der Waals surface area contributed by atoms with Crippen molar-refractivity contribution in [3.63, 3.8) is 0 Å². The van der Waals surface area contributed by atoms with Crippen LogP contribution in [0.4, 0.5) is 5.69 Å². The van der Waals surface area contributed by atoms with Crippen molar-refractivity contribution < 1.29 is 4.74 Å². The molecule has 0 amide bonds. The highest BCUT2D eigenvalue weighted by Gasteiger charge is 2.19. The third kappa shape index (κ3) is 6.54. The van der Waals surface area contributed by atoms with Gasteiger partial charge in [-0.05, 0) is 50.4 Å². The van der Waals surface area contributed by atoms with E-state index >= 15 is 0 Å². The van der Waals surface area contributed by atoms with Gasteiger partial charge in [-0.1, -0.05) is 17.7 Å². The maximum atomic E-state index is 5.92. The fourth-order valence-electron chi connectivity index (χ4n) is 2.93. The Labute approximate surface area is 145 Å². The Morgan fingerprint density at radius 3 is 2.87 bits per heavy atom. The number of likely N-dealkylation sites (N-methyl/N-ethyl adjacent to an activating group) is 1. The molecule has 0 bridgehead atoms. The molecule has 0 saturated carbocycles. The van der Waals surface area contributed by atoms with Crippen molar-refractivity contribution in [3.05, 3.63) is 41.9 Å². The van der Waals surface area contributed by atoms with E-state index < -0.39 is 0 Å². The molecule has 4 heteroatoms. The van der Waals surface area contributed by atoms with Gasteiger partial charge in [0.25, 0.3) is 0 Å². The van der Waals surface area contributed by atoms with E-state index in [1.54, 1.807) is 0 Å². The number of hydrogen-bond acceptors (Lipinski definition) is 3. The first-order valence-electron chi connectivity index (χ1n) is 8.48. The molecule has 1 aliphatic rings. The molecule has 0 aliphatic carbocycles. The van der Waals surface area contributed by atoms with Crippen molar-refractivity contribution in [3.8, 4) is 0 Å². The first-order valence-corrected chi connectivity index (χ1v) is 8.86. The average Bonchev–Trinajstić information content (AvgIpc) is 2.56. The van der Waals surface area contributed by atoms with Crippen molar-refractivity contribution in [1.82, 2.24) is 4.90 Å². The lowest BCUT2D eigenvalue weighted by atomic mass is 9.97. The van der Waals surface area contributed by atoms with E-state index in [4.69, 9.17) is 16.3 Å². The molecule has 2 rings (SSSR count). The molecule has 1 aliphatic heterocycles. The van der Waals surface area contributed by atoms with Crippen LogP contribution in [0, 0.1) is 12.0 Å². The van der Waals surface area contributed by atoms with Gasteiger partial charge in [0.05, 0.1) is 0 Å². The molecule has 0 spiro atoms. The van der Waals surface area contributed by atoms with Crippen LogP contribution in [0.2, 0.25) is 5.02 Å². The van der Waals surface area contributed by atoms with Gasteiger partial charge in [-0.15, -0.1) is 6.58 Å². The summed E-state index contributed by atoms with van der Waals surface area (Å²) >= 11 is 5.92. The smallest absolute Gasteiger partial charge is 0.0495 e. The minimum Gasteiger partial charge on any atom is -0.381 e. The van der Waals surface area contributed by atoms with Crippen LogP contribution in [0.1, 0.15) is 19.3 Å². The Morgan fingerprint density at radius 1 is 1.43 bits per heavy atom. The SMILES string of the molecule is C=CCN(C)CCCOCC1CCN(c2[c]cc(Cl)cc2)CC1. The molecule has 1 fully saturated rings. The van der Waals surface area contributed by atoms with Crippen LogP contribution in [0.25, 0.3) is 0 Å². The first-order chi connectivity index (χ1) is 11.2. The number of piperidine rings is 1. The number of anilines is 1. The largest absolute Gasteiger partial charge is 0.381 e. The van der Waals surface area contributed by atoms with E-state index in [0.29, 0.717) is 5.92 Å². The van der Waals surface area contributed by atoms with E-state index in [1.807, 2.05) is 18.2 Å². The summed E-state index contributed by atoms with van der Waals surface area (Å²) in [6.45, 7) is 9.67. The van der Waals surface area contributed by atoms with Crippen molar-refractivity contribution in [1.29, 1.82) is 0 Å². The normalized spacial score (nSPS) is 16.0. The second-order valence-electron chi connectivity index (χ2n) is 6.30. The summed E-state index contributed by atoms with van der Waals surface area (Å²) in [6.07, 6.45) is 5.40. The molecule has 23 heavy (non-hydrogen) atoms. The van der Waals surface area contributed by atoms with Gasteiger partial charge in [0.15, 0.2) is 0 Å². The number of rotatable bonds is 9. The number of nitrogens with zero attached hydrogens (tertiary/aromatic N) is 2. The van der Waals surface area contributed by atoms with Gasteiger partial charge in [-0.25, -0.2) is 0 Å². The molecule has 0 N–H and O–H groups in total. The molecule has 1 saturated heterocycles. The minimum atomic E-state index is 0.685. The summed E-state index contributed by atoms with van der Waals surface area (Å²) < 4.78 is 5.86. The van der Waals surface area contributed by atoms with Gasteiger partial charge in [0.2, 0.25) is 0 Å². The van der Waals surface area contributed by atoms with Gasteiger partial charge in [-0.2, -0.15) is 0 Å². The molecule has 1 aromatic carbocycles. The van der Waals surface area contributed by atoms with Crippen LogP contribution < -0.4 is 4.90 Å². The summed E-state index contributed by atoms with van der Waals surface area (Å²) in [5, 5.41) is 0.746. The van der Waals surface area contributed by atoms with Crippen molar-refractivity contribution in [2.45, 2.75) is 19.3 Å². The Balaban J connectivity index is 1.58. The highest BCUT2D eigenvalue weighted by molar-refractivity contribution is 6.30. The number of halogens is 1. The molecule has 1 heterocycles. The Kier molecular flexibility index (Phi) is 7.93. The van der Waals surface area contributed by atoms with Crippen LogP contribution in [-0.4, -0.2) is 51.3 Å². The van der Waals surface area contributed by atoms with E-state index in [-0.39, 0.29) is 0 Å². The summed E-state index contributed by atoms with van der Waals surface area (Å²) in [6, 6.07) is 9.09. The fraction of sp³-hybridized carbons (Fsp3) is 0.579. The lowest BCUT2D eigenvalue weighted by Gasteiger charge is -2.33. The predicted molar refractivity (Wildman–Crippen MR) is 98.4 cm³/mol. The molecule has 1 aromatic rings. The Hall–Kier alpha value is -1.03. The van der Waals surface area contributed by atoms with Gasteiger partial charge >= 0.3 is 0 Å². The Bertz CT molecular complexity index is 455. The number of ether oxygens (including phenoxy) is 1. The molecule has 1 radical (unpaired) electrons. The fourth-order valence-corrected chi connectivity index (χ4v) is 3.05. The monoisotopic (exact) mass is 335 g/mol. The van der Waals surface area contributed by atoms with Crippen molar-refractivity contribution in [2.75, 3.05) is 51.3 Å². The zero-order valence-electron chi connectivity index (χ0n) is 14.1. The molecular formula is C19H28ClN2O. The number of benzene rings is 1. The first kappa shape index (κ1) is 18.3. The van der Waals surface area contributed by atoms with Crippen LogP contribution in [0.15, 0.2) is 30.9 Å². The van der Waals surface area contributed by atoms with E-state index in [1.165, 1.54) is 12.8 Å². The summed E-state index contributed by atoms with van der Waals surface area (Å²) in [5.74, 6) is 0.685. The second-order valence-corrected chi connectivity index (χ2v) is 6.74. The highest BCUT2D eigenvalue weighted by Crippen LogP contribution is 2.24. The van der Waals surface area contributed by atoms with Crippen LogP contribution in [0.3, 0.4) is 0 Å². The third-order valence-electron chi connectivity index (χ3n) is 4.34. The standard InChI is InChI=1S/C19H28ClN2O/c1-3-11-21(2)12-4-15-23-16-17-9-13-22(14-10-17)19-7-5-18(20)6-8-19/h3,5-7,17H,1,4,9-16H2,2H3. The number of hydrogen-bond donors (Lipinski definition) is 0. The summed E-state index contributed by atoms with van der Waals surface area (Å²) in [4.78, 5) is 4.65. The summed E-state index contributed by atoms with van der Waals surface area (Å²) in [7, 11) is 2.12. The van der Waals surface area contributed by atoms with Gasteiger partial charge in [0, 0.05) is 56.2 Å². The molecule has 0 atom stereocenters. The van der Waals surface area contributed by atoms with Crippen molar-refractivity contribution >= 4 is 17.3 Å². The maximum Gasteiger partial charge on any atom is 0.0495 e. The van der Waals surface area contributed by atoms with Crippen LogP contribution in [-0.2, 0) is 4.74 Å². The van der Waals surface area contributed by atoms with Gasteiger partial charge in [-0.3, -0.25) is 0 Å². The zero-order valence-corrected chi connectivity index (χ0v) is 14.9. The van der Waals surface area contributed by atoms with E-state index in [9.17, 15) is 0 Å². The zero-order chi connectivity index (χ0) is 16.5. The molecule has 0 aromatic heterocycles.